The topological polar surface area (TPSA) is 85.4 Å². The number of amides is 1. The van der Waals surface area contributed by atoms with Crippen LogP contribution in [-0.4, -0.2) is 25.6 Å². The molecule has 1 N–H and O–H groups in total. The quantitative estimate of drug-likeness (QED) is 0.549. The zero-order valence-corrected chi connectivity index (χ0v) is 17.5. The van der Waals surface area contributed by atoms with Gasteiger partial charge in [-0.25, -0.2) is 22.5 Å². The second-order valence-corrected chi connectivity index (χ2v) is 8.58. The number of aromatic nitrogens is 1. The number of halogens is 4. The van der Waals surface area contributed by atoms with Gasteiger partial charge in [0, 0.05) is 11.8 Å². The van der Waals surface area contributed by atoms with E-state index < -0.39 is 56.1 Å². The normalized spacial score (nSPS) is 11.8. The van der Waals surface area contributed by atoms with Gasteiger partial charge in [-0.3, -0.25) is 4.79 Å². The summed E-state index contributed by atoms with van der Waals surface area (Å²) in [5.41, 5.74) is -3.11. The molecule has 0 atom stereocenters. The fourth-order valence-electron chi connectivity index (χ4n) is 2.96. The Bertz CT molecular complexity index is 1280. The third-order valence-electron chi connectivity index (χ3n) is 4.19. The second-order valence-electron chi connectivity index (χ2n) is 6.83. The Balaban J connectivity index is 2.27. The summed E-state index contributed by atoms with van der Waals surface area (Å²) in [6.45, 7) is 1.42. The van der Waals surface area contributed by atoms with E-state index in [0.717, 1.165) is 18.3 Å². The molecular formula is C21H16F4N2O4S. The lowest BCUT2D eigenvalue weighted by atomic mass is 9.96. The Morgan fingerprint density at radius 1 is 1.09 bits per heavy atom. The largest absolute Gasteiger partial charge is 0.438 e. The summed E-state index contributed by atoms with van der Waals surface area (Å²) in [7, 11) is -4.04. The number of pyridine rings is 1. The monoisotopic (exact) mass is 468 g/mol. The molecule has 0 aliphatic rings. The van der Waals surface area contributed by atoms with Crippen molar-refractivity contribution in [1.82, 2.24) is 9.71 Å². The zero-order valence-electron chi connectivity index (χ0n) is 16.7. The number of carbonyl (C=O) groups is 1. The van der Waals surface area contributed by atoms with Crippen molar-refractivity contribution in [2.75, 3.05) is 6.26 Å². The number of sulfonamides is 1. The zero-order chi connectivity index (χ0) is 23.7. The van der Waals surface area contributed by atoms with Gasteiger partial charge in [0.15, 0.2) is 0 Å². The van der Waals surface area contributed by atoms with Gasteiger partial charge in [-0.05, 0) is 42.8 Å². The minimum Gasteiger partial charge on any atom is -0.438 e. The van der Waals surface area contributed by atoms with Crippen LogP contribution in [-0.2, 0) is 16.2 Å². The van der Waals surface area contributed by atoms with E-state index in [1.165, 1.54) is 19.1 Å². The van der Waals surface area contributed by atoms with Gasteiger partial charge in [0.25, 0.3) is 5.91 Å². The average molecular weight is 468 g/mol. The van der Waals surface area contributed by atoms with E-state index >= 15 is 4.39 Å². The van der Waals surface area contributed by atoms with Crippen molar-refractivity contribution in [2.24, 2.45) is 0 Å². The van der Waals surface area contributed by atoms with Crippen LogP contribution >= 0.6 is 0 Å². The molecule has 0 unspecified atom stereocenters. The number of aryl methyl sites for hydroxylation is 1. The first kappa shape index (κ1) is 23.2. The number of carbonyl (C=O) groups excluding carboxylic acids is 1. The van der Waals surface area contributed by atoms with Crippen LogP contribution in [0.5, 0.6) is 11.6 Å². The Morgan fingerprint density at radius 2 is 1.75 bits per heavy atom. The Morgan fingerprint density at radius 3 is 2.34 bits per heavy atom. The molecule has 3 aromatic rings. The van der Waals surface area contributed by atoms with Gasteiger partial charge in [-0.15, -0.1) is 0 Å². The Hall–Kier alpha value is -3.47. The van der Waals surface area contributed by atoms with Gasteiger partial charge >= 0.3 is 6.18 Å². The maximum absolute atomic E-state index is 15.3. The second kappa shape index (κ2) is 8.58. The lowest BCUT2D eigenvalue weighted by Crippen LogP contribution is -2.30. The van der Waals surface area contributed by atoms with Gasteiger partial charge in [-0.1, -0.05) is 18.2 Å². The first-order valence-electron chi connectivity index (χ1n) is 8.98. The number of ether oxygens (including phenoxy) is 1. The van der Waals surface area contributed by atoms with Crippen molar-refractivity contribution >= 4 is 15.9 Å². The maximum Gasteiger partial charge on any atom is 0.417 e. The van der Waals surface area contributed by atoms with Crippen LogP contribution in [0.4, 0.5) is 17.6 Å². The average Bonchev–Trinajstić information content (AvgIpc) is 2.68. The molecular weight excluding hydrogens is 452 g/mol. The molecule has 0 saturated heterocycles. The Kier molecular flexibility index (Phi) is 6.22. The third-order valence-corrected chi connectivity index (χ3v) is 4.74. The van der Waals surface area contributed by atoms with Gasteiger partial charge in [0.1, 0.15) is 11.6 Å². The highest BCUT2D eigenvalue weighted by molar-refractivity contribution is 7.89. The van der Waals surface area contributed by atoms with Gasteiger partial charge in [0.05, 0.1) is 22.9 Å². The van der Waals surface area contributed by atoms with Crippen LogP contribution in [0, 0.1) is 12.7 Å². The van der Waals surface area contributed by atoms with Crippen LogP contribution in [0.25, 0.3) is 11.1 Å². The SMILES string of the molecule is Cc1cc(C(=O)NS(C)(=O)=O)c(F)c(-c2c(C(F)(F)F)ccnc2Oc2ccccc2)c1. The summed E-state index contributed by atoms with van der Waals surface area (Å²) < 4.78 is 86.6. The molecule has 1 heterocycles. The van der Waals surface area contributed by atoms with E-state index in [9.17, 15) is 26.4 Å². The van der Waals surface area contributed by atoms with Gasteiger partial charge in [-0.2, -0.15) is 13.2 Å². The lowest BCUT2D eigenvalue weighted by molar-refractivity contribution is -0.137. The van der Waals surface area contributed by atoms with Crippen LogP contribution in [0.15, 0.2) is 54.7 Å². The van der Waals surface area contributed by atoms with Crippen LogP contribution in [0.3, 0.4) is 0 Å². The summed E-state index contributed by atoms with van der Waals surface area (Å²) in [5, 5.41) is 0. The smallest absolute Gasteiger partial charge is 0.417 e. The molecule has 0 aliphatic carbocycles. The maximum atomic E-state index is 15.3. The summed E-state index contributed by atoms with van der Waals surface area (Å²) >= 11 is 0. The van der Waals surface area contributed by atoms with E-state index in [-0.39, 0.29) is 11.3 Å². The fraction of sp³-hybridized carbons (Fsp3) is 0.143. The number of benzene rings is 2. The third kappa shape index (κ3) is 5.22. The predicted molar refractivity (Wildman–Crippen MR) is 108 cm³/mol. The lowest BCUT2D eigenvalue weighted by Gasteiger charge is -2.18. The Labute approximate surface area is 180 Å². The number of nitrogens with one attached hydrogen (secondary N) is 1. The standard InChI is InChI=1S/C21H16F4N2O4S/c1-12-10-14(18(22)15(11-12)19(28)27-32(2,29)30)17-16(21(23,24)25)8-9-26-20(17)31-13-6-4-3-5-7-13/h3-11H,1-2H3,(H,27,28). The van der Waals surface area contributed by atoms with Crippen LogP contribution < -0.4 is 9.46 Å². The molecule has 3 rings (SSSR count). The molecule has 11 heteroatoms. The molecule has 0 fully saturated rings. The molecule has 32 heavy (non-hydrogen) atoms. The highest BCUT2D eigenvalue weighted by Crippen LogP contribution is 2.43. The minimum absolute atomic E-state index is 0.156. The first-order valence-corrected chi connectivity index (χ1v) is 10.9. The number of hydrogen-bond donors (Lipinski definition) is 1. The predicted octanol–water partition coefficient (Wildman–Crippen LogP) is 4.70. The molecule has 0 saturated carbocycles. The molecule has 0 aliphatic heterocycles. The van der Waals surface area contributed by atoms with Crippen LogP contribution in [0.2, 0.25) is 0 Å². The molecule has 1 aromatic heterocycles. The van der Waals surface area contributed by atoms with Crippen molar-refractivity contribution in [3.8, 4) is 22.8 Å². The molecule has 0 bridgehead atoms. The molecule has 0 spiro atoms. The van der Waals surface area contributed by atoms with Gasteiger partial charge < -0.3 is 4.74 Å². The summed E-state index contributed by atoms with van der Waals surface area (Å²) in [4.78, 5) is 16.1. The minimum atomic E-state index is -4.90. The number of para-hydroxylation sites is 1. The van der Waals surface area contributed by atoms with Crippen molar-refractivity contribution in [2.45, 2.75) is 13.1 Å². The number of rotatable bonds is 5. The fourth-order valence-corrected chi connectivity index (χ4v) is 3.40. The highest BCUT2D eigenvalue weighted by atomic mass is 32.2. The van der Waals surface area contributed by atoms with E-state index in [4.69, 9.17) is 4.74 Å². The van der Waals surface area contributed by atoms with Crippen molar-refractivity contribution in [3.05, 3.63) is 77.2 Å². The summed E-state index contributed by atoms with van der Waals surface area (Å²) in [6.07, 6.45) is -3.35. The number of hydrogen-bond acceptors (Lipinski definition) is 5. The molecule has 6 nitrogen and oxygen atoms in total. The van der Waals surface area contributed by atoms with Crippen LogP contribution in [0.1, 0.15) is 21.5 Å². The van der Waals surface area contributed by atoms with Crippen molar-refractivity contribution in [3.63, 3.8) is 0 Å². The molecule has 2 aromatic carbocycles. The molecule has 0 radical (unpaired) electrons. The first-order chi connectivity index (χ1) is 14.9. The van der Waals surface area contributed by atoms with Gasteiger partial charge in [0.2, 0.25) is 15.9 Å². The highest BCUT2D eigenvalue weighted by Gasteiger charge is 2.37. The van der Waals surface area contributed by atoms with E-state index in [0.29, 0.717) is 12.3 Å². The molecule has 168 valence electrons. The summed E-state index contributed by atoms with van der Waals surface area (Å²) in [5.74, 6) is -3.06. The molecule has 1 amide bonds. The van der Waals surface area contributed by atoms with E-state index in [1.807, 2.05) is 0 Å². The van der Waals surface area contributed by atoms with Crippen molar-refractivity contribution < 1.29 is 35.5 Å². The summed E-state index contributed by atoms with van der Waals surface area (Å²) in [6, 6.07) is 10.6. The number of nitrogens with zero attached hydrogens (tertiary/aromatic N) is 1. The van der Waals surface area contributed by atoms with E-state index in [1.54, 1.807) is 22.9 Å². The number of alkyl halides is 3. The van der Waals surface area contributed by atoms with Crippen molar-refractivity contribution in [1.29, 1.82) is 0 Å². The van der Waals surface area contributed by atoms with E-state index in [2.05, 4.69) is 4.98 Å².